The molecular weight excluding hydrogens is 204 g/mol. The lowest BCUT2D eigenvalue weighted by atomic mass is 9.97. The van der Waals surface area contributed by atoms with Gasteiger partial charge >= 0.3 is 0 Å². The largest absolute Gasteiger partial charge is 0.317 e. The van der Waals surface area contributed by atoms with Crippen LogP contribution in [0.25, 0.3) is 0 Å². The second kappa shape index (κ2) is 5.61. The fourth-order valence-corrected chi connectivity index (χ4v) is 3.21. The normalized spacial score (nSPS) is 19.5. The number of likely N-dealkylation sites (N-methyl/N-ethyl adjacent to an activating group) is 1. The van der Waals surface area contributed by atoms with Gasteiger partial charge in [0.1, 0.15) is 0 Å². The number of rotatable bonds is 5. The smallest absolute Gasteiger partial charge is 0.0940 e. The lowest BCUT2D eigenvalue weighted by molar-refractivity contribution is 0.402. The Morgan fingerprint density at radius 2 is 2.33 bits per heavy atom. The van der Waals surface area contributed by atoms with E-state index in [1.165, 1.54) is 37.1 Å². The van der Waals surface area contributed by atoms with Crippen molar-refractivity contribution in [2.45, 2.75) is 44.6 Å². The first-order chi connectivity index (χ1) is 7.38. The Balaban J connectivity index is 1.81. The van der Waals surface area contributed by atoms with Crippen LogP contribution >= 0.6 is 11.3 Å². The van der Waals surface area contributed by atoms with Crippen molar-refractivity contribution < 1.29 is 0 Å². The molecule has 1 saturated carbocycles. The third kappa shape index (κ3) is 3.28. The van der Waals surface area contributed by atoms with Crippen LogP contribution in [0.5, 0.6) is 0 Å². The molecule has 1 N–H and O–H groups in total. The monoisotopic (exact) mass is 224 g/mol. The van der Waals surface area contributed by atoms with Crippen molar-refractivity contribution in [3.05, 3.63) is 16.6 Å². The van der Waals surface area contributed by atoms with Crippen LogP contribution in [0.1, 0.15) is 37.1 Å². The van der Waals surface area contributed by atoms with Gasteiger partial charge in [-0.1, -0.05) is 25.7 Å². The van der Waals surface area contributed by atoms with Crippen LogP contribution in [0.15, 0.2) is 11.6 Å². The minimum absolute atomic E-state index is 0.624. The topological polar surface area (TPSA) is 24.9 Å². The van der Waals surface area contributed by atoms with E-state index in [9.17, 15) is 0 Å². The molecule has 1 aliphatic rings. The van der Waals surface area contributed by atoms with Crippen LogP contribution in [0.2, 0.25) is 0 Å². The summed E-state index contributed by atoms with van der Waals surface area (Å²) in [5.74, 6) is 0.961. The molecule has 1 aromatic rings. The number of nitrogens with zero attached hydrogens (tertiary/aromatic N) is 1. The van der Waals surface area contributed by atoms with Crippen molar-refractivity contribution in [2.24, 2.45) is 5.92 Å². The average molecular weight is 224 g/mol. The highest BCUT2D eigenvalue weighted by molar-refractivity contribution is 7.09. The van der Waals surface area contributed by atoms with E-state index < -0.39 is 0 Å². The van der Waals surface area contributed by atoms with Gasteiger partial charge in [-0.3, -0.25) is 0 Å². The Bertz CT molecular complexity index is 265. The van der Waals surface area contributed by atoms with Gasteiger partial charge in [-0.25, -0.2) is 4.98 Å². The SMILES string of the molecule is CNC(Cc1nccs1)CC1CCCC1. The van der Waals surface area contributed by atoms with Gasteiger partial charge in [0, 0.05) is 24.0 Å². The third-order valence-corrected chi connectivity index (χ3v) is 4.21. The van der Waals surface area contributed by atoms with Crippen LogP contribution in [-0.4, -0.2) is 18.1 Å². The van der Waals surface area contributed by atoms with Crippen molar-refractivity contribution in [3.63, 3.8) is 0 Å². The molecule has 1 aliphatic carbocycles. The van der Waals surface area contributed by atoms with E-state index in [4.69, 9.17) is 0 Å². The first kappa shape index (κ1) is 11.1. The number of aromatic nitrogens is 1. The van der Waals surface area contributed by atoms with E-state index in [1.54, 1.807) is 11.3 Å². The quantitative estimate of drug-likeness (QED) is 0.832. The highest BCUT2D eigenvalue weighted by Crippen LogP contribution is 2.29. The van der Waals surface area contributed by atoms with Crippen molar-refractivity contribution >= 4 is 11.3 Å². The van der Waals surface area contributed by atoms with Gasteiger partial charge in [-0.2, -0.15) is 0 Å². The Labute approximate surface area is 96.1 Å². The van der Waals surface area contributed by atoms with Crippen LogP contribution in [-0.2, 0) is 6.42 Å². The lowest BCUT2D eigenvalue weighted by Crippen LogP contribution is -2.29. The number of hydrogen-bond acceptors (Lipinski definition) is 3. The molecule has 84 valence electrons. The fourth-order valence-electron chi connectivity index (χ4n) is 2.52. The minimum Gasteiger partial charge on any atom is -0.317 e. The molecule has 0 amide bonds. The van der Waals surface area contributed by atoms with Gasteiger partial charge in [0.05, 0.1) is 5.01 Å². The first-order valence-corrected chi connectivity index (χ1v) is 6.82. The van der Waals surface area contributed by atoms with E-state index in [-0.39, 0.29) is 0 Å². The summed E-state index contributed by atoms with van der Waals surface area (Å²) in [6.45, 7) is 0. The zero-order valence-corrected chi connectivity index (χ0v) is 10.2. The van der Waals surface area contributed by atoms with Crippen LogP contribution < -0.4 is 5.32 Å². The maximum Gasteiger partial charge on any atom is 0.0940 e. The van der Waals surface area contributed by atoms with Gasteiger partial charge in [0.25, 0.3) is 0 Å². The summed E-state index contributed by atoms with van der Waals surface area (Å²) in [4.78, 5) is 4.36. The Hall–Kier alpha value is -0.410. The molecule has 0 aromatic carbocycles. The molecule has 1 atom stereocenters. The predicted molar refractivity (Wildman–Crippen MR) is 65.2 cm³/mol. The fraction of sp³-hybridized carbons (Fsp3) is 0.750. The minimum atomic E-state index is 0.624. The number of thiazole rings is 1. The number of nitrogens with one attached hydrogen (secondary N) is 1. The summed E-state index contributed by atoms with van der Waals surface area (Å²) in [5.41, 5.74) is 0. The van der Waals surface area contributed by atoms with Crippen molar-refractivity contribution in [1.29, 1.82) is 0 Å². The molecule has 2 rings (SSSR count). The maximum absolute atomic E-state index is 4.36. The van der Waals surface area contributed by atoms with Crippen LogP contribution in [0.4, 0.5) is 0 Å². The van der Waals surface area contributed by atoms with Crippen LogP contribution in [0.3, 0.4) is 0 Å². The summed E-state index contributed by atoms with van der Waals surface area (Å²) < 4.78 is 0. The van der Waals surface area contributed by atoms with E-state index in [0.29, 0.717) is 6.04 Å². The zero-order valence-electron chi connectivity index (χ0n) is 9.41. The Kier molecular flexibility index (Phi) is 4.15. The maximum atomic E-state index is 4.36. The molecule has 0 aliphatic heterocycles. The number of hydrogen-bond donors (Lipinski definition) is 1. The van der Waals surface area contributed by atoms with Crippen molar-refractivity contribution in [3.8, 4) is 0 Å². The molecule has 0 radical (unpaired) electrons. The highest BCUT2D eigenvalue weighted by Gasteiger charge is 2.19. The summed E-state index contributed by atoms with van der Waals surface area (Å²) in [5, 5.41) is 6.77. The molecule has 0 bridgehead atoms. The predicted octanol–water partition coefficient (Wildman–Crippen LogP) is 2.85. The Morgan fingerprint density at radius 3 is 2.93 bits per heavy atom. The van der Waals surface area contributed by atoms with E-state index in [0.717, 1.165) is 12.3 Å². The van der Waals surface area contributed by atoms with E-state index >= 15 is 0 Å². The van der Waals surface area contributed by atoms with Crippen LogP contribution in [0, 0.1) is 5.92 Å². The highest BCUT2D eigenvalue weighted by atomic mass is 32.1. The summed E-state index contributed by atoms with van der Waals surface area (Å²) >= 11 is 1.77. The summed E-state index contributed by atoms with van der Waals surface area (Å²) in [7, 11) is 2.08. The lowest BCUT2D eigenvalue weighted by Gasteiger charge is -2.18. The van der Waals surface area contributed by atoms with E-state index in [1.807, 2.05) is 6.20 Å². The standard InChI is InChI=1S/C12H20N2S/c1-13-11(8-10-4-2-3-5-10)9-12-14-6-7-15-12/h6-7,10-11,13H,2-5,8-9H2,1H3. The molecule has 1 fully saturated rings. The average Bonchev–Trinajstić information content (AvgIpc) is 2.89. The van der Waals surface area contributed by atoms with Crippen molar-refractivity contribution in [2.75, 3.05) is 7.05 Å². The van der Waals surface area contributed by atoms with Crippen molar-refractivity contribution in [1.82, 2.24) is 10.3 Å². The molecule has 0 spiro atoms. The molecule has 1 unspecified atom stereocenters. The second-order valence-electron chi connectivity index (χ2n) is 4.50. The second-order valence-corrected chi connectivity index (χ2v) is 5.48. The Morgan fingerprint density at radius 1 is 1.53 bits per heavy atom. The summed E-state index contributed by atoms with van der Waals surface area (Å²) in [6.07, 6.45) is 10.1. The molecule has 15 heavy (non-hydrogen) atoms. The molecule has 1 heterocycles. The van der Waals surface area contributed by atoms with Gasteiger partial charge in [-0.05, 0) is 19.4 Å². The molecule has 3 heteroatoms. The zero-order chi connectivity index (χ0) is 10.5. The van der Waals surface area contributed by atoms with Gasteiger partial charge < -0.3 is 5.32 Å². The first-order valence-electron chi connectivity index (χ1n) is 5.94. The summed E-state index contributed by atoms with van der Waals surface area (Å²) in [6, 6.07) is 0.624. The third-order valence-electron chi connectivity index (χ3n) is 3.41. The van der Waals surface area contributed by atoms with E-state index in [2.05, 4.69) is 22.7 Å². The molecule has 2 nitrogen and oxygen atoms in total. The van der Waals surface area contributed by atoms with Gasteiger partial charge in [0.15, 0.2) is 0 Å². The van der Waals surface area contributed by atoms with Gasteiger partial charge in [-0.15, -0.1) is 11.3 Å². The molecular formula is C12H20N2S. The van der Waals surface area contributed by atoms with Gasteiger partial charge in [0.2, 0.25) is 0 Å². The molecule has 0 saturated heterocycles. The molecule has 1 aromatic heterocycles.